The minimum Gasteiger partial charge on any atom is -0.316 e. The number of aromatic nitrogens is 1. The second kappa shape index (κ2) is 6.81. The van der Waals surface area contributed by atoms with Gasteiger partial charge in [0.05, 0.1) is 5.52 Å². The van der Waals surface area contributed by atoms with Gasteiger partial charge in [0.2, 0.25) is 0 Å². The molecule has 1 aliphatic rings. The van der Waals surface area contributed by atoms with E-state index in [2.05, 4.69) is 16.4 Å². The lowest BCUT2D eigenvalue weighted by Gasteiger charge is -2.22. The Morgan fingerprint density at radius 2 is 2.14 bits per heavy atom. The molecule has 0 radical (unpaired) electrons. The minimum atomic E-state index is 0.309. The summed E-state index contributed by atoms with van der Waals surface area (Å²) in [5, 5.41) is 4.53. The van der Waals surface area contributed by atoms with Crippen LogP contribution in [0.15, 0.2) is 36.4 Å². The van der Waals surface area contributed by atoms with Crippen LogP contribution in [0.2, 0.25) is 0 Å². The number of hydrogen-bond acceptors (Lipinski definition) is 3. The quantitative estimate of drug-likeness (QED) is 0.916. The van der Waals surface area contributed by atoms with Gasteiger partial charge in [-0.15, -0.1) is 0 Å². The van der Waals surface area contributed by atoms with Crippen LogP contribution in [0.3, 0.4) is 0 Å². The van der Waals surface area contributed by atoms with Gasteiger partial charge in [0.25, 0.3) is 0 Å². The third kappa shape index (κ3) is 3.88. The number of Topliss-reactive ketones (excluding diaryl/α,β-unsaturated/α-hetero) is 1. The number of hydrogen-bond donors (Lipinski definition) is 1. The van der Waals surface area contributed by atoms with Crippen molar-refractivity contribution in [3.63, 3.8) is 0 Å². The van der Waals surface area contributed by atoms with Crippen molar-refractivity contribution >= 4 is 16.7 Å². The molecule has 1 aliphatic heterocycles. The maximum Gasteiger partial charge on any atom is 0.138 e. The molecule has 2 heterocycles. The van der Waals surface area contributed by atoms with Crippen LogP contribution in [0.4, 0.5) is 0 Å². The number of nitrogens with zero attached hydrogens (tertiary/aromatic N) is 1. The molecule has 1 aromatic heterocycles. The van der Waals surface area contributed by atoms with E-state index in [4.69, 9.17) is 0 Å². The first-order chi connectivity index (χ1) is 10.3. The summed E-state index contributed by atoms with van der Waals surface area (Å²) in [5.74, 6) is 0.982. The second-order valence-corrected chi connectivity index (χ2v) is 5.96. The number of benzene rings is 1. The molecule has 0 bridgehead atoms. The Balaban J connectivity index is 1.55. The number of ketones is 1. The molecule has 3 nitrogen and oxygen atoms in total. The fraction of sp³-hybridized carbons (Fsp3) is 0.444. The Hall–Kier alpha value is -1.74. The van der Waals surface area contributed by atoms with Gasteiger partial charge in [-0.05, 0) is 50.4 Å². The van der Waals surface area contributed by atoms with Gasteiger partial charge in [0.1, 0.15) is 5.78 Å². The first-order valence-corrected chi connectivity index (χ1v) is 7.88. The van der Waals surface area contributed by atoms with Crippen LogP contribution < -0.4 is 5.32 Å². The van der Waals surface area contributed by atoms with Gasteiger partial charge in [-0.2, -0.15) is 0 Å². The minimum absolute atomic E-state index is 0.309. The van der Waals surface area contributed by atoms with Gasteiger partial charge in [-0.25, -0.2) is 0 Å². The zero-order chi connectivity index (χ0) is 14.5. The number of carbonyl (C=O) groups excluding carboxylic acids is 1. The number of pyridine rings is 1. The van der Waals surface area contributed by atoms with Crippen molar-refractivity contribution in [2.24, 2.45) is 5.92 Å². The molecule has 21 heavy (non-hydrogen) atoms. The zero-order valence-corrected chi connectivity index (χ0v) is 12.3. The predicted octanol–water partition coefficient (Wildman–Crippen LogP) is 3.13. The third-order valence-corrected chi connectivity index (χ3v) is 4.26. The lowest BCUT2D eigenvalue weighted by molar-refractivity contribution is -0.118. The Morgan fingerprint density at radius 3 is 3.00 bits per heavy atom. The van der Waals surface area contributed by atoms with E-state index in [1.165, 1.54) is 12.8 Å². The van der Waals surface area contributed by atoms with E-state index in [0.29, 0.717) is 24.5 Å². The fourth-order valence-corrected chi connectivity index (χ4v) is 3.03. The molecule has 2 aromatic rings. The number of para-hydroxylation sites is 1. The maximum atomic E-state index is 12.1. The highest BCUT2D eigenvalue weighted by atomic mass is 16.1. The molecule has 0 spiro atoms. The number of nitrogens with one attached hydrogen (secondary N) is 1. The Morgan fingerprint density at radius 1 is 1.24 bits per heavy atom. The van der Waals surface area contributed by atoms with Gasteiger partial charge in [0, 0.05) is 23.9 Å². The molecule has 1 fully saturated rings. The van der Waals surface area contributed by atoms with Gasteiger partial charge >= 0.3 is 0 Å². The van der Waals surface area contributed by atoms with Crippen molar-refractivity contribution in [3.05, 3.63) is 42.1 Å². The Bertz CT molecular complexity index is 617. The highest BCUT2D eigenvalue weighted by molar-refractivity contribution is 5.82. The fourth-order valence-electron chi connectivity index (χ4n) is 3.03. The molecule has 1 N–H and O–H groups in total. The van der Waals surface area contributed by atoms with Gasteiger partial charge in [-0.3, -0.25) is 9.78 Å². The lowest BCUT2D eigenvalue weighted by atomic mass is 9.93. The van der Waals surface area contributed by atoms with Crippen LogP contribution in [0.25, 0.3) is 10.9 Å². The average molecular weight is 282 g/mol. The van der Waals surface area contributed by atoms with Crippen molar-refractivity contribution in [1.82, 2.24) is 10.3 Å². The Labute approximate surface area is 125 Å². The first kappa shape index (κ1) is 14.2. The van der Waals surface area contributed by atoms with Crippen LogP contribution in [0.5, 0.6) is 0 Å². The van der Waals surface area contributed by atoms with E-state index in [1.807, 2.05) is 30.3 Å². The van der Waals surface area contributed by atoms with Crippen molar-refractivity contribution in [2.45, 2.75) is 32.1 Å². The summed E-state index contributed by atoms with van der Waals surface area (Å²) in [6.07, 6.45) is 4.66. The standard InChI is InChI=1S/C18H22N2O/c21-17(10-7-14-4-3-11-19-13-14)12-16-9-8-15-5-1-2-6-18(15)20-16/h1-2,5-6,8-9,14,19H,3-4,7,10-13H2. The number of piperidine rings is 1. The normalized spacial score (nSPS) is 18.8. The predicted molar refractivity (Wildman–Crippen MR) is 85.3 cm³/mol. The van der Waals surface area contributed by atoms with Crippen LogP contribution in [0.1, 0.15) is 31.4 Å². The second-order valence-electron chi connectivity index (χ2n) is 5.96. The van der Waals surface area contributed by atoms with E-state index in [9.17, 15) is 4.79 Å². The monoisotopic (exact) mass is 282 g/mol. The molecule has 1 atom stereocenters. The molecule has 0 saturated carbocycles. The molecular weight excluding hydrogens is 260 g/mol. The van der Waals surface area contributed by atoms with E-state index in [1.54, 1.807) is 0 Å². The number of fused-ring (bicyclic) bond motifs is 1. The third-order valence-electron chi connectivity index (χ3n) is 4.26. The Kier molecular flexibility index (Phi) is 4.61. The summed E-state index contributed by atoms with van der Waals surface area (Å²) in [4.78, 5) is 16.7. The zero-order valence-electron chi connectivity index (χ0n) is 12.3. The molecular formula is C18H22N2O. The number of carbonyl (C=O) groups is 1. The highest BCUT2D eigenvalue weighted by Gasteiger charge is 2.14. The van der Waals surface area contributed by atoms with Gasteiger partial charge < -0.3 is 5.32 Å². The van der Waals surface area contributed by atoms with Gasteiger partial charge in [0.15, 0.2) is 0 Å². The summed E-state index contributed by atoms with van der Waals surface area (Å²) in [6, 6.07) is 12.1. The SMILES string of the molecule is O=C(CCC1CCCNC1)Cc1ccc2ccccc2n1. The molecule has 1 saturated heterocycles. The van der Waals surface area contributed by atoms with Crippen LogP contribution in [-0.4, -0.2) is 23.9 Å². The largest absolute Gasteiger partial charge is 0.316 e. The summed E-state index contributed by atoms with van der Waals surface area (Å²) < 4.78 is 0. The molecule has 0 aliphatic carbocycles. The smallest absolute Gasteiger partial charge is 0.138 e. The van der Waals surface area contributed by atoms with Crippen molar-refractivity contribution in [2.75, 3.05) is 13.1 Å². The summed E-state index contributed by atoms with van der Waals surface area (Å²) in [5.41, 5.74) is 1.86. The van der Waals surface area contributed by atoms with E-state index >= 15 is 0 Å². The van der Waals surface area contributed by atoms with Crippen molar-refractivity contribution in [3.8, 4) is 0 Å². The highest BCUT2D eigenvalue weighted by Crippen LogP contribution is 2.17. The van der Waals surface area contributed by atoms with E-state index in [0.717, 1.165) is 36.1 Å². The molecule has 110 valence electrons. The summed E-state index contributed by atoms with van der Waals surface area (Å²) in [6.45, 7) is 2.20. The maximum absolute atomic E-state index is 12.1. The molecule has 1 unspecified atom stereocenters. The van der Waals surface area contributed by atoms with Gasteiger partial charge in [-0.1, -0.05) is 24.3 Å². The first-order valence-electron chi connectivity index (χ1n) is 7.88. The molecule has 1 aromatic carbocycles. The van der Waals surface area contributed by atoms with Crippen LogP contribution in [-0.2, 0) is 11.2 Å². The van der Waals surface area contributed by atoms with Crippen molar-refractivity contribution in [1.29, 1.82) is 0 Å². The lowest BCUT2D eigenvalue weighted by Crippen LogP contribution is -2.30. The van der Waals surface area contributed by atoms with Crippen LogP contribution in [0, 0.1) is 5.92 Å². The molecule has 0 amide bonds. The summed E-state index contributed by atoms with van der Waals surface area (Å²) in [7, 11) is 0. The van der Waals surface area contributed by atoms with E-state index in [-0.39, 0.29) is 0 Å². The summed E-state index contributed by atoms with van der Waals surface area (Å²) >= 11 is 0. The average Bonchev–Trinajstić information content (AvgIpc) is 2.54. The molecule has 3 heteroatoms. The number of rotatable bonds is 5. The van der Waals surface area contributed by atoms with E-state index < -0.39 is 0 Å². The van der Waals surface area contributed by atoms with Crippen molar-refractivity contribution < 1.29 is 4.79 Å². The molecule has 3 rings (SSSR count). The topological polar surface area (TPSA) is 42.0 Å². The van der Waals surface area contributed by atoms with Crippen LogP contribution >= 0.6 is 0 Å².